The molecule has 0 aliphatic rings. The monoisotopic (exact) mass is 274 g/mol. The molecule has 0 unspecified atom stereocenters. The molecule has 1 aromatic heterocycles. The topological polar surface area (TPSA) is 77.5 Å². The van der Waals surface area contributed by atoms with Crippen LogP contribution in [0.15, 0.2) is 47.1 Å². The Labute approximate surface area is 117 Å². The summed E-state index contributed by atoms with van der Waals surface area (Å²) < 4.78 is 10.5. The van der Waals surface area contributed by atoms with Crippen molar-refractivity contribution in [2.75, 3.05) is 6.61 Å². The molecule has 0 bridgehead atoms. The largest absolute Gasteiger partial charge is 0.484 e. The van der Waals surface area contributed by atoms with Gasteiger partial charge >= 0.3 is 0 Å². The highest BCUT2D eigenvalue weighted by atomic mass is 16.5. The van der Waals surface area contributed by atoms with E-state index in [9.17, 15) is 4.79 Å². The van der Waals surface area contributed by atoms with Crippen LogP contribution in [0.4, 0.5) is 0 Å². The minimum absolute atomic E-state index is 0.104. The number of benzene rings is 1. The minimum Gasteiger partial charge on any atom is -0.484 e. The number of nitrogens with two attached hydrogens (primary N) is 1. The van der Waals surface area contributed by atoms with Gasteiger partial charge in [0.1, 0.15) is 11.5 Å². The van der Waals surface area contributed by atoms with E-state index in [0.29, 0.717) is 5.75 Å². The van der Waals surface area contributed by atoms with Gasteiger partial charge < -0.3 is 20.2 Å². The number of carbonyl (C=O) groups is 1. The molecule has 1 aromatic carbocycles. The first-order valence-corrected chi connectivity index (χ1v) is 6.42. The van der Waals surface area contributed by atoms with Crippen molar-refractivity contribution in [3.8, 4) is 5.75 Å². The van der Waals surface area contributed by atoms with Crippen LogP contribution in [-0.4, -0.2) is 12.5 Å². The van der Waals surface area contributed by atoms with Gasteiger partial charge in [-0.2, -0.15) is 0 Å². The maximum Gasteiger partial charge on any atom is 0.255 e. The first-order valence-electron chi connectivity index (χ1n) is 6.42. The van der Waals surface area contributed by atoms with Gasteiger partial charge in [0.2, 0.25) is 0 Å². The highest BCUT2D eigenvalue weighted by Crippen LogP contribution is 2.15. The number of nitrogens with one attached hydrogen (secondary N) is 1. The summed E-state index contributed by atoms with van der Waals surface area (Å²) in [6, 6.07) is 11.5. The Hall–Kier alpha value is -2.27. The molecule has 0 radical (unpaired) electrons. The van der Waals surface area contributed by atoms with Gasteiger partial charge in [-0.15, -0.1) is 0 Å². The predicted octanol–water partition coefficient (Wildman–Crippen LogP) is 1.99. The zero-order valence-corrected chi connectivity index (χ0v) is 11.3. The van der Waals surface area contributed by atoms with Crippen molar-refractivity contribution in [3.63, 3.8) is 0 Å². The average molecular weight is 274 g/mol. The second-order valence-corrected chi connectivity index (χ2v) is 4.52. The summed E-state index contributed by atoms with van der Waals surface area (Å²) in [6.07, 6.45) is 1.67. The van der Waals surface area contributed by atoms with E-state index in [-0.39, 0.29) is 12.6 Å². The number of hydrogen-bond acceptors (Lipinski definition) is 4. The Morgan fingerprint density at radius 1 is 1.35 bits per heavy atom. The smallest absolute Gasteiger partial charge is 0.255 e. The molecule has 2 aromatic rings. The molecule has 20 heavy (non-hydrogen) atoms. The highest BCUT2D eigenvalue weighted by Gasteiger charge is 2.07. The quantitative estimate of drug-likeness (QED) is 0.809. The lowest BCUT2D eigenvalue weighted by Gasteiger charge is -2.11. The Kier molecular flexibility index (Phi) is 4.79. The number of primary amides is 1. The van der Waals surface area contributed by atoms with Crippen molar-refractivity contribution in [2.24, 2.45) is 5.73 Å². The average Bonchev–Trinajstić information content (AvgIpc) is 2.98. The molecule has 5 heteroatoms. The van der Waals surface area contributed by atoms with E-state index < -0.39 is 5.91 Å². The fourth-order valence-electron chi connectivity index (χ4n) is 1.77. The predicted molar refractivity (Wildman–Crippen MR) is 75.1 cm³/mol. The molecule has 3 N–H and O–H groups in total. The van der Waals surface area contributed by atoms with E-state index in [1.54, 1.807) is 6.26 Å². The summed E-state index contributed by atoms with van der Waals surface area (Å²) in [6.45, 7) is 2.66. The Balaban J connectivity index is 1.83. The van der Waals surface area contributed by atoms with Crippen LogP contribution in [0, 0.1) is 0 Å². The number of furan rings is 1. The summed E-state index contributed by atoms with van der Waals surface area (Å²) in [5.74, 6) is 1.06. The summed E-state index contributed by atoms with van der Waals surface area (Å²) >= 11 is 0. The molecule has 0 spiro atoms. The second-order valence-electron chi connectivity index (χ2n) is 4.52. The lowest BCUT2D eigenvalue weighted by molar-refractivity contribution is -0.119. The Bertz CT molecular complexity index is 535. The SMILES string of the molecule is C[C@@H](NCc1ccc(OCC(N)=O)cc1)c1ccco1. The summed E-state index contributed by atoms with van der Waals surface area (Å²) in [5.41, 5.74) is 6.13. The number of rotatable bonds is 7. The Morgan fingerprint density at radius 2 is 2.10 bits per heavy atom. The van der Waals surface area contributed by atoms with Crippen LogP contribution in [0.25, 0.3) is 0 Å². The third-order valence-corrected chi connectivity index (χ3v) is 2.89. The summed E-state index contributed by atoms with van der Waals surface area (Å²) in [7, 11) is 0. The maximum absolute atomic E-state index is 10.6. The molecule has 1 atom stereocenters. The molecule has 1 heterocycles. The van der Waals surface area contributed by atoms with Crippen LogP contribution >= 0.6 is 0 Å². The molecule has 5 nitrogen and oxygen atoms in total. The first kappa shape index (κ1) is 14.1. The summed E-state index contributed by atoms with van der Waals surface area (Å²) in [4.78, 5) is 10.6. The number of hydrogen-bond donors (Lipinski definition) is 2. The van der Waals surface area contributed by atoms with E-state index >= 15 is 0 Å². The van der Waals surface area contributed by atoms with Gasteiger partial charge in [0.05, 0.1) is 12.3 Å². The Morgan fingerprint density at radius 3 is 2.70 bits per heavy atom. The zero-order chi connectivity index (χ0) is 14.4. The third kappa shape index (κ3) is 4.13. The molecule has 0 aliphatic heterocycles. The highest BCUT2D eigenvalue weighted by molar-refractivity contribution is 5.75. The van der Waals surface area contributed by atoms with Gasteiger partial charge in [-0.3, -0.25) is 4.79 Å². The van der Waals surface area contributed by atoms with Crippen LogP contribution in [0.5, 0.6) is 5.75 Å². The third-order valence-electron chi connectivity index (χ3n) is 2.89. The zero-order valence-electron chi connectivity index (χ0n) is 11.3. The van der Waals surface area contributed by atoms with Crippen molar-refractivity contribution >= 4 is 5.91 Å². The minimum atomic E-state index is -0.483. The lowest BCUT2D eigenvalue weighted by Crippen LogP contribution is -2.20. The first-order chi connectivity index (χ1) is 9.65. The van der Waals surface area contributed by atoms with Gasteiger partial charge in [0.15, 0.2) is 6.61 Å². The van der Waals surface area contributed by atoms with E-state index in [1.807, 2.05) is 43.3 Å². The fraction of sp³-hybridized carbons (Fsp3) is 0.267. The van der Waals surface area contributed by atoms with Crippen LogP contribution < -0.4 is 15.8 Å². The van der Waals surface area contributed by atoms with Crippen molar-refractivity contribution in [1.82, 2.24) is 5.32 Å². The molecule has 0 saturated heterocycles. The van der Waals surface area contributed by atoms with E-state index in [4.69, 9.17) is 14.9 Å². The van der Waals surface area contributed by atoms with Gasteiger partial charge in [0.25, 0.3) is 5.91 Å². The van der Waals surface area contributed by atoms with Gasteiger partial charge in [-0.25, -0.2) is 0 Å². The molecule has 106 valence electrons. The second kappa shape index (κ2) is 6.77. The molecule has 2 rings (SSSR count). The molecular weight excluding hydrogens is 256 g/mol. The van der Waals surface area contributed by atoms with E-state index in [2.05, 4.69) is 5.32 Å². The van der Waals surface area contributed by atoms with Gasteiger partial charge in [-0.1, -0.05) is 12.1 Å². The van der Waals surface area contributed by atoms with Crippen LogP contribution in [-0.2, 0) is 11.3 Å². The van der Waals surface area contributed by atoms with Crippen molar-refractivity contribution in [2.45, 2.75) is 19.5 Å². The van der Waals surface area contributed by atoms with E-state index in [0.717, 1.165) is 17.9 Å². The van der Waals surface area contributed by atoms with Crippen LogP contribution in [0.3, 0.4) is 0 Å². The lowest BCUT2D eigenvalue weighted by atomic mass is 10.2. The van der Waals surface area contributed by atoms with Crippen LogP contribution in [0.1, 0.15) is 24.3 Å². The molecular formula is C15H18N2O3. The number of amides is 1. The van der Waals surface area contributed by atoms with Crippen molar-refractivity contribution < 1.29 is 13.9 Å². The maximum atomic E-state index is 10.6. The molecule has 1 amide bonds. The normalized spacial score (nSPS) is 12.1. The fourth-order valence-corrected chi connectivity index (χ4v) is 1.77. The van der Waals surface area contributed by atoms with Gasteiger partial charge in [0, 0.05) is 6.54 Å². The standard InChI is InChI=1S/C15H18N2O3/c1-11(14-3-2-8-19-14)17-9-12-4-6-13(7-5-12)20-10-15(16)18/h2-8,11,17H,9-10H2,1H3,(H2,16,18)/t11-/m1/s1. The number of ether oxygens (including phenoxy) is 1. The molecule has 0 saturated carbocycles. The van der Waals surface area contributed by atoms with Crippen molar-refractivity contribution in [3.05, 3.63) is 54.0 Å². The molecule has 0 fully saturated rings. The van der Waals surface area contributed by atoms with E-state index in [1.165, 1.54) is 0 Å². The molecule has 0 aliphatic carbocycles. The van der Waals surface area contributed by atoms with Crippen LogP contribution in [0.2, 0.25) is 0 Å². The number of carbonyl (C=O) groups excluding carboxylic acids is 1. The van der Waals surface area contributed by atoms with Gasteiger partial charge in [-0.05, 0) is 36.8 Å². The summed E-state index contributed by atoms with van der Waals surface area (Å²) in [5, 5.41) is 3.36. The van der Waals surface area contributed by atoms with Crippen molar-refractivity contribution in [1.29, 1.82) is 0 Å².